The van der Waals surface area contributed by atoms with Crippen molar-refractivity contribution in [3.8, 4) is 0 Å². The summed E-state index contributed by atoms with van der Waals surface area (Å²) in [5.74, 6) is -1.98. The number of carboxylic acids is 1. The van der Waals surface area contributed by atoms with Gasteiger partial charge in [0.2, 0.25) is 0 Å². The van der Waals surface area contributed by atoms with E-state index in [1.807, 2.05) is 0 Å². The minimum Gasteiger partial charge on any atom is -0.477 e. The lowest BCUT2D eigenvalue weighted by Crippen LogP contribution is -2.71. The third kappa shape index (κ3) is 5.18. The molecule has 0 bridgehead atoms. The zero-order chi connectivity index (χ0) is 25.3. The molecule has 3 aliphatic heterocycles. The summed E-state index contributed by atoms with van der Waals surface area (Å²) < 4.78 is 0. The number of fused-ring (bicyclic) bond motifs is 1. The zero-order valence-corrected chi connectivity index (χ0v) is 20.9. The van der Waals surface area contributed by atoms with Crippen molar-refractivity contribution in [2.45, 2.75) is 43.7 Å². The van der Waals surface area contributed by atoms with Gasteiger partial charge in [-0.25, -0.2) is 9.78 Å². The number of nitrogens with zero attached hydrogens (tertiary/aromatic N) is 4. The first-order valence-electron chi connectivity index (χ1n) is 11.0. The predicted octanol–water partition coefficient (Wildman–Crippen LogP) is 0.258. The number of carbonyl (C=O) groups excluding carboxylic acids is 3. The fourth-order valence-electron chi connectivity index (χ4n) is 4.01. The lowest BCUT2D eigenvalue weighted by molar-refractivity contribution is -0.150. The van der Waals surface area contributed by atoms with Crippen LogP contribution in [0, 0.1) is 0 Å². The Bertz CT molecular complexity index is 1110. The molecule has 0 unspecified atom stereocenters. The Hall–Kier alpha value is -2.97. The summed E-state index contributed by atoms with van der Waals surface area (Å²) >= 11 is 2.49. The molecule has 0 radical (unpaired) electrons. The predicted molar refractivity (Wildman–Crippen MR) is 130 cm³/mol. The van der Waals surface area contributed by atoms with Gasteiger partial charge in [0.15, 0.2) is 22.7 Å². The molecule has 2 amide bonds. The van der Waals surface area contributed by atoms with Gasteiger partial charge in [-0.15, -0.1) is 23.1 Å². The van der Waals surface area contributed by atoms with Crippen molar-refractivity contribution >= 4 is 58.0 Å². The van der Waals surface area contributed by atoms with Crippen LogP contribution in [0.15, 0.2) is 21.8 Å². The molecule has 4 rings (SSSR count). The van der Waals surface area contributed by atoms with Crippen molar-refractivity contribution < 1.29 is 29.1 Å². The molecule has 2 atom stereocenters. The number of thioether (sulfide) groups is 1. The van der Waals surface area contributed by atoms with Gasteiger partial charge in [-0.1, -0.05) is 5.16 Å². The Balaban J connectivity index is 1.52. The fraction of sp³-hybridized carbons (Fsp3) is 0.524. The van der Waals surface area contributed by atoms with E-state index in [1.165, 1.54) is 35.9 Å². The summed E-state index contributed by atoms with van der Waals surface area (Å²) in [5.41, 5.74) is 4.97. The van der Waals surface area contributed by atoms with Crippen molar-refractivity contribution in [3.63, 3.8) is 0 Å². The molecular formula is C21H26N6O6S2. The Kier molecular flexibility index (Phi) is 7.15. The van der Waals surface area contributed by atoms with Crippen molar-refractivity contribution in [3.05, 3.63) is 22.3 Å². The summed E-state index contributed by atoms with van der Waals surface area (Å²) in [6, 6.07) is -0.949. The molecular weight excluding hydrogens is 496 g/mol. The van der Waals surface area contributed by atoms with Crippen LogP contribution in [0.5, 0.6) is 0 Å². The summed E-state index contributed by atoms with van der Waals surface area (Å²) in [5, 5.41) is 17.4. The molecule has 188 valence electrons. The number of likely N-dealkylation sites (tertiary alicyclic amines) is 1. The van der Waals surface area contributed by atoms with Gasteiger partial charge in [-0.05, 0) is 45.4 Å². The first-order valence-corrected chi connectivity index (χ1v) is 12.9. The van der Waals surface area contributed by atoms with E-state index in [2.05, 4.69) is 20.4 Å². The highest BCUT2D eigenvalue weighted by atomic mass is 32.2. The standard InChI is InChI=1S/C21H26N6O6S2/c1-21(2,10-28)33-25-13(12-9-35-20(22)23-12)16(29)24-14-17(30)27-15(19(31)32)11(8-34-18(14)27)7-26-5-3-4-6-26/h9-10,14,18H,3-8H2,1-2H3,(H2,22,23)(H,24,29)(H,31,32)/b25-13-/t14-,18-/m1/s1. The Morgan fingerprint density at radius 2 is 2.11 bits per heavy atom. The maximum atomic E-state index is 13.1. The first-order chi connectivity index (χ1) is 16.6. The van der Waals surface area contributed by atoms with Gasteiger partial charge >= 0.3 is 5.97 Å². The second-order valence-electron chi connectivity index (χ2n) is 8.92. The van der Waals surface area contributed by atoms with Crippen LogP contribution in [0.25, 0.3) is 0 Å². The summed E-state index contributed by atoms with van der Waals surface area (Å²) in [7, 11) is 0. The molecule has 0 spiro atoms. The maximum Gasteiger partial charge on any atom is 0.352 e. The van der Waals surface area contributed by atoms with E-state index in [0.29, 0.717) is 24.2 Å². The molecule has 35 heavy (non-hydrogen) atoms. The number of aromatic nitrogens is 1. The third-order valence-electron chi connectivity index (χ3n) is 5.79. The number of nitrogens with two attached hydrogens (primary N) is 1. The Morgan fingerprint density at radius 1 is 1.40 bits per heavy atom. The number of hydrogen-bond donors (Lipinski definition) is 3. The smallest absolute Gasteiger partial charge is 0.352 e. The fourth-order valence-corrected chi connectivity index (χ4v) is 5.89. The van der Waals surface area contributed by atoms with Crippen molar-refractivity contribution in [1.29, 1.82) is 0 Å². The summed E-state index contributed by atoms with van der Waals surface area (Å²) in [6.07, 6.45) is 2.68. The number of rotatable bonds is 9. The number of nitrogen functional groups attached to an aromatic ring is 1. The first kappa shape index (κ1) is 25.1. The Morgan fingerprint density at radius 3 is 2.71 bits per heavy atom. The van der Waals surface area contributed by atoms with Crippen LogP contribution >= 0.6 is 23.1 Å². The van der Waals surface area contributed by atoms with Gasteiger partial charge in [-0.3, -0.25) is 24.2 Å². The minimum atomic E-state index is -1.29. The average molecular weight is 523 g/mol. The molecule has 1 aromatic rings. The number of oxime groups is 1. The van der Waals surface area contributed by atoms with E-state index in [1.54, 1.807) is 0 Å². The molecule has 4 N–H and O–H groups in total. The number of amides is 2. The number of carboxylic acid groups (broad SMARTS) is 1. The molecule has 2 saturated heterocycles. The van der Waals surface area contributed by atoms with Gasteiger partial charge in [0, 0.05) is 17.7 Å². The number of nitrogens with one attached hydrogen (secondary N) is 1. The lowest BCUT2D eigenvalue weighted by Gasteiger charge is -2.49. The van der Waals surface area contributed by atoms with Crippen LogP contribution in [0.3, 0.4) is 0 Å². The second kappa shape index (κ2) is 9.95. The van der Waals surface area contributed by atoms with Crippen LogP contribution < -0.4 is 11.1 Å². The van der Waals surface area contributed by atoms with Gasteiger partial charge in [-0.2, -0.15) is 0 Å². The number of β-lactam (4-membered cyclic amide) rings is 1. The SMILES string of the molecule is CC(C)(C=O)O/N=C(\C(=O)N[C@@H]1C(=O)N2C(C(=O)O)=C(CN3CCCC3)CS[C@H]12)c1csc(N)n1. The normalized spacial score (nSPS) is 23.1. The van der Waals surface area contributed by atoms with E-state index in [-0.39, 0.29) is 22.2 Å². The van der Waals surface area contributed by atoms with E-state index < -0.39 is 34.8 Å². The second-order valence-corrected chi connectivity index (χ2v) is 10.9. The third-order valence-corrected chi connectivity index (χ3v) is 7.80. The zero-order valence-electron chi connectivity index (χ0n) is 19.2. The molecule has 1 aromatic heterocycles. The van der Waals surface area contributed by atoms with Crippen LogP contribution in [0.1, 0.15) is 32.4 Å². The Labute approximate surface area is 209 Å². The van der Waals surface area contributed by atoms with Crippen LogP contribution in [0.2, 0.25) is 0 Å². The number of carbonyl (C=O) groups is 4. The molecule has 0 aromatic carbocycles. The molecule has 14 heteroatoms. The molecule has 0 saturated carbocycles. The number of anilines is 1. The number of aliphatic carboxylic acids is 1. The van der Waals surface area contributed by atoms with Gasteiger partial charge in [0.1, 0.15) is 22.8 Å². The van der Waals surface area contributed by atoms with Crippen LogP contribution in [0.4, 0.5) is 5.13 Å². The minimum absolute atomic E-state index is 0.00613. The topological polar surface area (TPSA) is 168 Å². The highest BCUT2D eigenvalue weighted by molar-refractivity contribution is 8.00. The molecule has 4 heterocycles. The van der Waals surface area contributed by atoms with E-state index in [4.69, 9.17) is 10.6 Å². The van der Waals surface area contributed by atoms with Crippen LogP contribution in [-0.2, 0) is 24.0 Å². The molecule has 0 aliphatic carbocycles. The molecule has 12 nitrogen and oxygen atoms in total. The van der Waals surface area contributed by atoms with Crippen molar-refractivity contribution in [2.24, 2.45) is 5.16 Å². The quantitative estimate of drug-likeness (QED) is 0.177. The highest BCUT2D eigenvalue weighted by Crippen LogP contribution is 2.40. The van der Waals surface area contributed by atoms with E-state index in [0.717, 1.165) is 37.3 Å². The van der Waals surface area contributed by atoms with E-state index >= 15 is 0 Å². The summed E-state index contributed by atoms with van der Waals surface area (Å²) in [4.78, 5) is 62.0. The van der Waals surface area contributed by atoms with Crippen molar-refractivity contribution in [2.75, 3.05) is 31.1 Å². The summed E-state index contributed by atoms with van der Waals surface area (Å²) in [6.45, 7) is 5.26. The van der Waals surface area contributed by atoms with E-state index in [9.17, 15) is 24.3 Å². The largest absolute Gasteiger partial charge is 0.477 e. The van der Waals surface area contributed by atoms with Gasteiger partial charge in [0.05, 0.1) is 0 Å². The average Bonchev–Trinajstić information content (AvgIpc) is 3.49. The van der Waals surface area contributed by atoms with Crippen molar-refractivity contribution in [1.82, 2.24) is 20.1 Å². The highest BCUT2D eigenvalue weighted by Gasteiger charge is 2.54. The molecule has 2 fully saturated rings. The molecule has 3 aliphatic rings. The van der Waals surface area contributed by atoms with Gasteiger partial charge in [0.25, 0.3) is 11.8 Å². The maximum absolute atomic E-state index is 13.1. The number of aldehydes is 1. The van der Waals surface area contributed by atoms with Crippen LogP contribution in [-0.4, -0.2) is 92.1 Å². The lowest BCUT2D eigenvalue weighted by atomic mass is 10.0. The monoisotopic (exact) mass is 522 g/mol. The van der Waals surface area contributed by atoms with Gasteiger partial charge < -0.3 is 21.0 Å². The number of hydrogen-bond acceptors (Lipinski definition) is 11. The number of thiazole rings is 1.